The van der Waals surface area contributed by atoms with Gasteiger partial charge in [0.2, 0.25) is 11.7 Å². The molecule has 0 aliphatic heterocycles. The number of hydrogen-bond donors (Lipinski definition) is 0. The smallest absolute Gasteiger partial charge is 0.223 e. The molecule has 0 radical (unpaired) electrons. The van der Waals surface area contributed by atoms with E-state index in [4.69, 9.17) is 27.9 Å². The van der Waals surface area contributed by atoms with Crippen LogP contribution in [0.3, 0.4) is 0 Å². The van der Waals surface area contributed by atoms with Gasteiger partial charge in [-0.1, -0.05) is 53.5 Å². The van der Waals surface area contributed by atoms with Crippen LogP contribution in [0.2, 0.25) is 10.0 Å². The lowest BCUT2D eigenvalue weighted by molar-refractivity contribution is 0.0908. The molecule has 2 aromatic carbocycles. The van der Waals surface area contributed by atoms with E-state index in [1.165, 1.54) is 0 Å². The Balaban J connectivity index is 1.47. The number of hydrogen-bond acceptors (Lipinski definition) is 5. The number of halogens is 2. The van der Waals surface area contributed by atoms with Crippen LogP contribution >= 0.6 is 23.2 Å². The van der Waals surface area contributed by atoms with Gasteiger partial charge in [-0.2, -0.15) is 5.10 Å². The molecule has 2 aliphatic carbocycles. The third kappa shape index (κ3) is 5.01. The van der Waals surface area contributed by atoms with Gasteiger partial charge in [-0.05, 0) is 44.9 Å². The second-order valence-electron chi connectivity index (χ2n) is 9.40. The van der Waals surface area contributed by atoms with Crippen LogP contribution in [0, 0.1) is 0 Å². The quantitative estimate of drug-likeness (QED) is 0.327. The summed E-state index contributed by atoms with van der Waals surface area (Å²) >= 11 is 13.3. The van der Waals surface area contributed by atoms with Crippen molar-refractivity contribution in [2.24, 2.45) is 7.05 Å². The summed E-state index contributed by atoms with van der Waals surface area (Å²) in [7, 11) is 3.77. The molecule has 6 nitrogen and oxygen atoms in total. The summed E-state index contributed by atoms with van der Waals surface area (Å²) in [5.41, 5.74) is 2.73. The molecule has 0 bridgehead atoms. The molecular weight excluding hydrogens is 485 g/mol. The van der Waals surface area contributed by atoms with Crippen molar-refractivity contribution in [3.05, 3.63) is 80.5 Å². The molecule has 0 amide bonds. The fourth-order valence-electron chi connectivity index (χ4n) is 4.34. The van der Waals surface area contributed by atoms with Gasteiger partial charge in [0, 0.05) is 47.3 Å². The average molecular weight is 512 g/mol. The van der Waals surface area contributed by atoms with Crippen LogP contribution in [-0.2, 0) is 13.6 Å². The Labute approximate surface area is 214 Å². The van der Waals surface area contributed by atoms with Crippen molar-refractivity contribution in [1.82, 2.24) is 14.7 Å². The number of ketones is 2. The number of rotatable bonds is 10. The molecule has 0 unspecified atom stereocenters. The summed E-state index contributed by atoms with van der Waals surface area (Å²) in [6, 6.07) is 12.9. The van der Waals surface area contributed by atoms with E-state index in [1.807, 2.05) is 13.1 Å². The maximum Gasteiger partial charge on any atom is 0.223 e. The highest BCUT2D eigenvalue weighted by molar-refractivity contribution is 6.39. The zero-order valence-corrected chi connectivity index (χ0v) is 21.3. The summed E-state index contributed by atoms with van der Waals surface area (Å²) in [4.78, 5) is 28.8. The first-order valence-electron chi connectivity index (χ1n) is 11.8. The lowest BCUT2D eigenvalue weighted by Crippen LogP contribution is -2.21. The van der Waals surface area contributed by atoms with Gasteiger partial charge in [0.1, 0.15) is 5.56 Å². The number of aryl methyl sites for hydroxylation is 1. The van der Waals surface area contributed by atoms with Crippen LogP contribution in [0.4, 0.5) is 0 Å². The topological polar surface area (TPSA) is 64.4 Å². The van der Waals surface area contributed by atoms with E-state index < -0.39 is 0 Å². The minimum absolute atomic E-state index is 0.173. The molecule has 0 atom stereocenters. The van der Waals surface area contributed by atoms with Crippen LogP contribution < -0.4 is 4.74 Å². The summed E-state index contributed by atoms with van der Waals surface area (Å²) in [5.74, 6) is 0.0463. The Hall–Kier alpha value is -2.67. The van der Waals surface area contributed by atoms with Crippen LogP contribution in [-0.4, -0.2) is 45.9 Å². The van der Waals surface area contributed by atoms with E-state index in [2.05, 4.69) is 10.00 Å². The summed E-state index contributed by atoms with van der Waals surface area (Å²) in [6.07, 6.45) is 4.25. The Morgan fingerprint density at radius 1 is 1.09 bits per heavy atom. The molecule has 0 saturated heterocycles. The van der Waals surface area contributed by atoms with E-state index in [0.717, 1.165) is 31.2 Å². The fourth-order valence-corrected chi connectivity index (χ4v) is 4.91. The highest BCUT2D eigenvalue weighted by atomic mass is 35.5. The number of ether oxygens (including phenoxy) is 1. The average Bonchev–Trinajstić information content (AvgIpc) is 3.77. The maximum atomic E-state index is 13.9. The van der Waals surface area contributed by atoms with Crippen molar-refractivity contribution in [3.8, 4) is 5.88 Å². The first-order valence-corrected chi connectivity index (χ1v) is 12.6. The molecule has 35 heavy (non-hydrogen) atoms. The maximum absolute atomic E-state index is 13.9. The van der Waals surface area contributed by atoms with Gasteiger partial charge in [-0.3, -0.25) is 14.5 Å². The van der Waals surface area contributed by atoms with Gasteiger partial charge in [0.15, 0.2) is 12.4 Å². The third-order valence-corrected chi connectivity index (χ3v) is 7.44. The number of carbonyl (C=O) groups is 2. The normalized spacial score (nSPS) is 15.5. The first-order chi connectivity index (χ1) is 16.8. The molecule has 2 saturated carbocycles. The zero-order chi connectivity index (χ0) is 24.7. The van der Waals surface area contributed by atoms with Crippen molar-refractivity contribution < 1.29 is 14.3 Å². The molecule has 5 rings (SSSR count). The number of aromatic nitrogens is 2. The highest BCUT2D eigenvalue weighted by Crippen LogP contribution is 2.44. The molecule has 8 heteroatoms. The van der Waals surface area contributed by atoms with Gasteiger partial charge < -0.3 is 4.74 Å². The van der Waals surface area contributed by atoms with Gasteiger partial charge in [0.05, 0.1) is 10.7 Å². The van der Waals surface area contributed by atoms with Gasteiger partial charge in [-0.15, -0.1) is 0 Å². The van der Waals surface area contributed by atoms with E-state index >= 15 is 0 Å². The molecule has 2 aliphatic rings. The minimum atomic E-state index is -0.265. The van der Waals surface area contributed by atoms with Gasteiger partial charge in [0.25, 0.3) is 0 Å². The molecule has 0 spiro atoms. The standard InChI is InChI=1S/C27H27Cl2N3O3/c1-31(18-10-11-18)14-20-21(28)13-12-19(24(20)29)26(34)23-25(17-8-9-17)30-32(2)27(23)35-15-22(33)16-6-4-3-5-7-16/h3-7,12-13,17-18H,8-11,14-15H2,1-2H3. The summed E-state index contributed by atoms with van der Waals surface area (Å²) in [6.45, 7) is 0.376. The number of carbonyl (C=O) groups excluding carboxylic acids is 2. The van der Waals surface area contributed by atoms with Gasteiger partial charge >= 0.3 is 0 Å². The van der Waals surface area contributed by atoms with E-state index in [9.17, 15) is 9.59 Å². The van der Waals surface area contributed by atoms with Crippen LogP contribution in [0.5, 0.6) is 5.88 Å². The van der Waals surface area contributed by atoms with Crippen LogP contribution in [0.25, 0.3) is 0 Å². The Morgan fingerprint density at radius 3 is 2.46 bits per heavy atom. The largest absolute Gasteiger partial charge is 0.469 e. The minimum Gasteiger partial charge on any atom is -0.469 e. The predicted molar refractivity (Wildman–Crippen MR) is 136 cm³/mol. The van der Waals surface area contributed by atoms with Crippen molar-refractivity contribution >= 4 is 34.8 Å². The highest BCUT2D eigenvalue weighted by Gasteiger charge is 2.36. The number of nitrogens with zero attached hydrogens (tertiary/aromatic N) is 3. The van der Waals surface area contributed by atoms with Crippen LogP contribution in [0.15, 0.2) is 42.5 Å². The fraction of sp³-hybridized carbons (Fsp3) is 0.370. The monoisotopic (exact) mass is 511 g/mol. The van der Waals surface area contributed by atoms with Gasteiger partial charge in [-0.25, -0.2) is 4.68 Å². The second-order valence-corrected chi connectivity index (χ2v) is 10.2. The molecule has 1 heterocycles. The number of Topliss-reactive ketones (excluding diaryl/α,β-unsaturated/α-hetero) is 1. The zero-order valence-electron chi connectivity index (χ0n) is 19.8. The van der Waals surface area contributed by atoms with E-state index in [1.54, 1.807) is 48.1 Å². The van der Waals surface area contributed by atoms with E-state index in [0.29, 0.717) is 45.0 Å². The second kappa shape index (κ2) is 9.76. The first kappa shape index (κ1) is 24.0. The van der Waals surface area contributed by atoms with Crippen molar-refractivity contribution in [1.29, 1.82) is 0 Å². The van der Waals surface area contributed by atoms with E-state index in [-0.39, 0.29) is 30.0 Å². The summed E-state index contributed by atoms with van der Waals surface area (Å²) < 4.78 is 7.48. The SMILES string of the molecule is CN(Cc1c(Cl)ccc(C(=O)c2c(C3CC3)nn(C)c2OCC(=O)c2ccccc2)c1Cl)C1CC1. The lowest BCUT2D eigenvalue weighted by atomic mass is 9.99. The Bertz CT molecular complexity index is 1280. The molecule has 182 valence electrons. The van der Waals surface area contributed by atoms with Crippen molar-refractivity contribution in [2.45, 2.75) is 44.2 Å². The molecule has 0 N–H and O–H groups in total. The third-order valence-electron chi connectivity index (χ3n) is 6.66. The van der Waals surface area contributed by atoms with Crippen LogP contribution in [0.1, 0.15) is 69.1 Å². The summed E-state index contributed by atoms with van der Waals surface area (Å²) in [5, 5.41) is 5.49. The van der Waals surface area contributed by atoms with Crippen molar-refractivity contribution in [2.75, 3.05) is 13.7 Å². The number of benzene rings is 2. The molecule has 2 fully saturated rings. The Morgan fingerprint density at radius 2 is 1.80 bits per heavy atom. The van der Waals surface area contributed by atoms with Crippen molar-refractivity contribution in [3.63, 3.8) is 0 Å². The molecule has 3 aromatic rings. The molecular formula is C27H27Cl2N3O3. The lowest BCUT2D eigenvalue weighted by Gasteiger charge is -2.19. The molecule has 1 aromatic heterocycles. The Kier molecular flexibility index (Phi) is 6.71. The predicted octanol–water partition coefficient (Wildman–Crippen LogP) is 5.69.